The van der Waals surface area contributed by atoms with E-state index in [0.29, 0.717) is 16.1 Å². The van der Waals surface area contributed by atoms with Gasteiger partial charge in [0.25, 0.3) is 0 Å². The third kappa shape index (κ3) is 4.21. The molecule has 0 fully saturated rings. The molecule has 0 spiro atoms. The molecule has 0 aliphatic rings. The Labute approximate surface area is 116 Å². The first-order valence-corrected chi connectivity index (χ1v) is 6.28. The second kappa shape index (κ2) is 6.63. The van der Waals surface area contributed by atoms with Crippen molar-refractivity contribution >= 4 is 29.2 Å². The highest BCUT2D eigenvalue weighted by molar-refractivity contribution is 6.31. The van der Waals surface area contributed by atoms with E-state index in [1.165, 1.54) is 0 Å². The molecule has 3 nitrogen and oxygen atoms in total. The zero-order chi connectivity index (χ0) is 13.7. The summed E-state index contributed by atoms with van der Waals surface area (Å²) >= 11 is 11.7. The van der Waals surface area contributed by atoms with Gasteiger partial charge in [-0.05, 0) is 31.5 Å². The SMILES string of the molecule is CC(C)OC(=O)C(Cl)Cc1ccc(Cl)cc1C#N. The lowest BCUT2D eigenvalue weighted by Gasteiger charge is -2.13. The van der Waals surface area contributed by atoms with Crippen molar-refractivity contribution in [2.75, 3.05) is 0 Å². The first-order chi connectivity index (χ1) is 8.43. The van der Waals surface area contributed by atoms with Gasteiger partial charge >= 0.3 is 5.97 Å². The van der Waals surface area contributed by atoms with E-state index in [0.717, 1.165) is 0 Å². The van der Waals surface area contributed by atoms with Crippen molar-refractivity contribution in [3.63, 3.8) is 0 Å². The Hall–Kier alpha value is -1.24. The Morgan fingerprint density at radius 1 is 1.50 bits per heavy atom. The summed E-state index contributed by atoms with van der Waals surface area (Å²) in [5.74, 6) is -0.481. The molecule has 1 aromatic carbocycles. The van der Waals surface area contributed by atoms with Gasteiger partial charge in [-0.1, -0.05) is 17.7 Å². The molecule has 0 bridgehead atoms. The molecule has 96 valence electrons. The summed E-state index contributed by atoms with van der Waals surface area (Å²) in [5, 5.41) is 8.64. The van der Waals surface area contributed by atoms with Crippen LogP contribution in [0.2, 0.25) is 5.02 Å². The molecule has 0 aromatic heterocycles. The number of nitriles is 1. The van der Waals surface area contributed by atoms with Crippen LogP contribution in [0, 0.1) is 11.3 Å². The van der Waals surface area contributed by atoms with Crippen LogP contribution in [0.1, 0.15) is 25.0 Å². The fraction of sp³-hybridized carbons (Fsp3) is 0.385. The van der Waals surface area contributed by atoms with Gasteiger partial charge in [-0.25, -0.2) is 0 Å². The second-order valence-corrected chi connectivity index (χ2v) is 5.03. The van der Waals surface area contributed by atoms with E-state index in [9.17, 15) is 4.79 Å². The van der Waals surface area contributed by atoms with Gasteiger partial charge in [0.15, 0.2) is 0 Å². The summed E-state index contributed by atoms with van der Waals surface area (Å²) in [6.07, 6.45) is 0.0343. The average Bonchev–Trinajstić information content (AvgIpc) is 2.30. The predicted molar refractivity (Wildman–Crippen MR) is 70.7 cm³/mol. The van der Waals surface area contributed by atoms with Gasteiger partial charge in [0.1, 0.15) is 5.38 Å². The summed E-state index contributed by atoms with van der Waals surface area (Å²) in [7, 11) is 0. The largest absolute Gasteiger partial charge is 0.462 e. The number of alkyl halides is 1. The van der Waals surface area contributed by atoms with Gasteiger partial charge in [-0.2, -0.15) is 5.26 Å². The second-order valence-electron chi connectivity index (χ2n) is 4.07. The number of nitrogens with zero attached hydrogens (tertiary/aromatic N) is 1. The van der Waals surface area contributed by atoms with Crippen molar-refractivity contribution in [1.82, 2.24) is 0 Å². The Morgan fingerprint density at radius 2 is 2.17 bits per heavy atom. The normalized spacial score (nSPS) is 12.0. The zero-order valence-corrected chi connectivity index (χ0v) is 11.6. The van der Waals surface area contributed by atoms with Crippen LogP contribution in [0.4, 0.5) is 0 Å². The first-order valence-electron chi connectivity index (χ1n) is 5.47. The highest BCUT2D eigenvalue weighted by Gasteiger charge is 2.20. The minimum atomic E-state index is -0.805. The van der Waals surface area contributed by atoms with Gasteiger partial charge in [-0.15, -0.1) is 11.6 Å². The molecule has 1 aromatic rings. The molecule has 1 unspecified atom stereocenters. The molecule has 0 saturated carbocycles. The number of benzene rings is 1. The number of rotatable bonds is 4. The summed E-state index contributed by atoms with van der Waals surface area (Å²) in [6.45, 7) is 3.51. The van der Waals surface area contributed by atoms with E-state index in [4.69, 9.17) is 33.2 Å². The Kier molecular flexibility index (Phi) is 5.46. The Balaban J connectivity index is 2.79. The topological polar surface area (TPSA) is 50.1 Å². The van der Waals surface area contributed by atoms with Crippen LogP contribution in [0.5, 0.6) is 0 Å². The third-order valence-electron chi connectivity index (χ3n) is 2.20. The van der Waals surface area contributed by atoms with E-state index in [1.807, 2.05) is 6.07 Å². The molecule has 0 amide bonds. The number of hydrogen-bond acceptors (Lipinski definition) is 3. The number of esters is 1. The third-order valence-corrected chi connectivity index (χ3v) is 2.77. The molecular formula is C13H13Cl2NO2. The van der Waals surface area contributed by atoms with Crippen molar-refractivity contribution in [3.05, 3.63) is 34.3 Å². The lowest BCUT2D eigenvalue weighted by atomic mass is 10.0. The summed E-state index contributed by atoms with van der Waals surface area (Å²) in [4.78, 5) is 11.6. The molecule has 18 heavy (non-hydrogen) atoms. The predicted octanol–water partition coefficient (Wildman–Crippen LogP) is 3.31. The van der Waals surface area contributed by atoms with Crippen molar-refractivity contribution < 1.29 is 9.53 Å². The van der Waals surface area contributed by atoms with Crippen LogP contribution >= 0.6 is 23.2 Å². The lowest BCUT2D eigenvalue weighted by Crippen LogP contribution is -2.23. The molecule has 1 atom stereocenters. The number of carbonyl (C=O) groups is 1. The zero-order valence-electron chi connectivity index (χ0n) is 10.1. The highest BCUT2D eigenvalue weighted by Crippen LogP contribution is 2.19. The number of carbonyl (C=O) groups excluding carboxylic acids is 1. The maximum atomic E-state index is 11.6. The molecule has 5 heteroatoms. The maximum Gasteiger partial charge on any atom is 0.324 e. The minimum absolute atomic E-state index is 0.209. The van der Waals surface area contributed by atoms with Gasteiger partial charge in [-0.3, -0.25) is 4.79 Å². The van der Waals surface area contributed by atoms with Crippen LogP contribution in [0.25, 0.3) is 0 Å². The summed E-state index contributed by atoms with van der Waals surface area (Å²) < 4.78 is 5.00. The fourth-order valence-corrected chi connectivity index (χ4v) is 1.80. The molecular weight excluding hydrogens is 273 g/mol. The monoisotopic (exact) mass is 285 g/mol. The van der Waals surface area contributed by atoms with Gasteiger partial charge < -0.3 is 4.74 Å². The van der Waals surface area contributed by atoms with Crippen LogP contribution in [0.3, 0.4) is 0 Å². The first kappa shape index (κ1) is 14.8. The Bertz CT molecular complexity index is 480. The molecule has 0 heterocycles. The fourth-order valence-electron chi connectivity index (χ4n) is 1.41. The molecule has 0 aliphatic carbocycles. The molecule has 1 rings (SSSR count). The van der Waals surface area contributed by atoms with E-state index < -0.39 is 11.3 Å². The quantitative estimate of drug-likeness (QED) is 0.630. The van der Waals surface area contributed by atoms with Crippen LogP contribution in [-0.2, 0) is 16.0 Å². The van der Waals surface area contributed by atoms with E-state index in [2.05, 4.69) is 0 Å². The number of ether oxygens (including phenoxy) is 1. The van der Waals surface area contributed by atoms with Gasteiger partial charge in [0.05, 0.1) is 17.7 Å². The molecule has 0 N–H and O–H groups in total. The smallest absolute Gasteiger partial charge is 0.324 e. The minimum Gasteiger partial charge on any atom is -0.462 e. The molecule has 0 radical (unpaired) electrons. The number of hydrogen-bond donors (Lipinski definition) is 0. The van der Waals surface area contributed by atoms with E-state index in [-0.39, 0.29) is 12.5 Å². The standard InChI is InChI=1S/C13H13Cl2NO2/c1-8(2)18-13(17)12(15)6-9-3-4-11(14)5-10(9)7-16/h3-5,8,12H,6H2,1-2H3. The van der Waals surface area contributed by atoms with Crippen molar-refractivity contribution in [2.45, 2.75) is 31.7 Å². The van der Waals surface area contributed by atoms with Crippen LogP contribution in [-0.4, -0.2) is 17.5 Å². The Morgan fingerprint density at radius 3 is 2.72 bits per heavy atom. The molecule has 0 saturated heterocycles. The van der Waals surface area contributed by atoms with Gasteiger partial charge in [0, 0.05) is 11.4 Å². The average molecular weight is 286 g/mol. The summed E-state index contributed by atoms with van der Waals surface area (Å²) in [6, 6.07) is 6.93. The summed E-state index contributed by atoms with van der Waals surface area (Å²) in [5.41, 5.74) is 1.10. The van der Waals surface area contributed by atoms with E-state index >= 15 is 0 Å². The van der Waals surface area contributed by atoms with E-state index in [1.54, 1.807) is 32.0 Å². The maximum absolute atomic E-state index is 11.6. The lowest BCUT2D eigenvalue weighted by molar-refractivity contribution is -0.146. The van der Waals surface area contributed by atoms with Crippen LogP contribution < -0.4 is 0 Å². The van der Waals surface area contributed by atoms with Crippen molar-refractivity contribution in [3.8, 4) is 6.07 Å². The molecule has 0 aliphatic heterocycles. The van der Waals surface area contributed by atoms with Crippen molar-refractivity contribution in [2.24, 2.45) is 0 Å². The number of halogens is 2. The highest BCUT2D eigenvalue weighted by atomic mass is 35.5. The van der Waals surface area contributed by atoms with Crippen molar-refractivity contribution in [1.29, 1.82) is 5.26 Å². The van der Waals surface area contributed by atoms with Gasteiger partial charge in [0.2, 0.25) is 0 Å². The van der Waals surface area contributed by atoms with Crippen LogP contribution in [0.15, 0.2) is 18.2 Å².